The van der Waals surface area contributed by atoms with E-state index < -0.39 is 0 Å². The van der Waals surface area contributed by atoms with Gasteiger partial charge in [0, 0.05) is 18.9 Å². The summed E-state index contributed by atoms with van der Waals surface area (Å²) in [5.74, 6) is 0.505. The van der Waals surface area contributed by atoms with E-state index in [1.54, 1.807) is 0 Å². The molecule has 20 heavy (non-hydrogen) atoms. The Hall–Kier alpha value is -2.27. The van der Waals surface area contributed by atoms with Gasteiger partial charge in [0.1, 0.15) is 5.88 Å². The van der Waals surface area contributed by atoms with Gasteiger partial charge < -0.3 is 14.9 Å². The molecule has 2 N–H and O–H groups in total. The number of carbonyl (C=O) groups is 1. The molecule has 0 saturated heterocycles. The summed E-state index contributed by atoms with van der Waals surface area (Å²) in [6, 6.07) is 9.49. The number of alkyl halides is 1. The highest BCUT2D eigenvalue weighted by molar-refractivity contribution is 6.29. The van der Waals surface area contributed by atoms with Crippen LogP contribution in [0.15, 0.2) is 36.5 Å². The Bertz CT molecular complexity index is 774. The van der Waals surface area contributed by atoms with Crippen molar-refractivity contribution in [2.75, 3.05) is 11.2 Å². The second kappa shape index (κ2) is 5.02. The lowest BCUT2D eigenvalue weighted by Crippen LogP contribution is -2.12. The molecule has 1 amide bonds. The average Bonchev–Trinajstić information content (AvgIpc) is 3.03. The number of nitrogens with zero attached hydrogens (tertiary/aromatic N) is 2. The van der Waals surface area contributed by atoms with Crippen LogP contribution in [0.5, 0.6) is 0 Å². The third-order valence-corrected chi connectivity index (χ3v) is 3.32. The van der Waals surface area contributed by atoms with Crippen LogP contribution in [0, 0.1) is 0 Å². The number of benzene rings is 1. The molecular formula is C14H13ClN4O. The van der Waals surface area contributed by atoms with Crippen molar-refractivity contribution >= 4 is 34.2 Å². The van der Waals surface area contributed by atoms with Crippen LogP contribution < -0.4 is 5.32 Å². The van der Waals surface area contributed by atoms with Crippen molar-refractivity contribution in [2.24, 2.45) is 7.05 Å². The maximum Gasteiger partial charge on any atom is 0.239 e. The summed E-state index contributed by atoms with van der Waals surface area (Å²) in [5, 5.41) is 2.71. The molecule has 0 saturated carbocycles. The second-order valence-electron chi connectivity index (χ2n) is 4.50. The van der Waals surface area contributed by atoms with Gasteiger partial charge in [0.2, 0.25) is 5.91 Å². The summed E-state index contributed by atoms with van der Waals surface area (Å²) >= 11 is 5.47. The minimum absolute atomic E-state index is 0.0623. The third-order valence-electron chi connectivity index (χ3n) is 3.07. The number of hydrogen-bond donors (Lipinski definition) is 2. The van der Waals surface area contributed by atoms with Gasteiger partial charge in [-0.2, -0.15) is 0 Å². The van der Waals surface area contributed by atoms with E-state index in [1.807, 2.05) is 48.1 Å². The zero-order valence-electron chi connectivity index (χ0n) is 10.9. The molecule has 2 aromatic heterocycles. The van der Waals surface area contributed by atoms with Crippen LogP contribution in [-0.2, 0) is 11.8 Å². The van der Waals surface area contributed by atoms with E-state index in [-0.39, 0.29) is 11.8 Å². The number of halogens is 1. The quantitative estimate of drug-likeness (QED) is 0.728. The summed E-state index contributed by atoms with van der Waals surface area (Å²) in [6.07, 6.45) is 1.97. The van der Waals surface area contributed by atoms with E-state index >= 15 is 0 Å². The normalized spacial score (nSPS) is 10.9. The smallest absolute Gasteiger partial charge is 0.239 e. The van der Waals surface area contributed by atoms with Gasteiger partial charge in [-0.1, -0.05) is 0 Å². The molecule has 102 valence electrons. The zero-order chi connectivity index (χ0) is 14.1. The van der Waals surface area contributed by atoms with Crippen molar-refractivity contribution in [3.05, 3.63) is 36.5 Å². The molecule has 0 atom stereocenters. The van der Waals surface area contributed by atoms with Crippen molar-refractivity contribution in [2.45, 2.75) is 0 Å². The molecule has 0 aliphatic heterocycles. The van der Waals surface area contributed by atoms with Gasteiger partial charge in [0.15, 0.2) is 5.82 Å². The van der Waals surface area contributed by atoms with Crippen LogP contribution >= 0.6 is 11.6 Å². The van der Waals surface area contributed by atoms with Gasteiger partial charge in [0.25, 0.3) is 0 Å². The number of aromatic amines is 1. The summed E-state index contributed by atoms with van der Waals surface area (Å²) in [5.41, 5.74) is 3.42. The third kappa shape index (κ3) is 2.28. The maximum atomic E-state index is 11.3. The van der Waals surface area contributed by atoms with E-state index in [0.29, 0.717) is 5.69 Å². The van der Waals surface area contributed by atoms with Crippen molar-refractivity contribution in [3.8, 4) is 11.5 Å². The van der Waals surface area contributed by atoms with Crippen LogP contribution in [-0.4, -0.2) is 26.3 Å². The Morgan fingerprint density at radius 1 is 1.45 bits per heavy atom. The van der Waals surface area contributed by atoms with E-state index in [4.69, 9.17) is 11.6 Å². The minimum Gasteiger partial charge on any atom is -0.348 e. The van der Waals surface area contributed by atoms with Crippen LogP contribution in [0.4, 0.5) is 5.69 Å². The fourth-order valence-corrected chi connectivity index (χ4v) is 2.17. The van der Waals surface area contributed by atoms with Gasteiger partial charge in [-0.05, 0) is 30.3 Å². The first-order valence-electron chi connectivity index (χ1n) is 6.14. The molecule has 0 spiro atoms. The number of aromatic nitrogens is 3. The number of amides is 1. The number of carbonyl (C=O) groups excluding carboxylic acids is 1. The lowest BCUT2D eigenvalue weighted by atomic mass is 10.3. The highest BCUT2D eigenvalue weighted by atomic mass is 35.5. The Morgan fingerprint density at radius 2 is 2.30 bits per heavy atom. The number of hydrogen-bond acceptors (Lipinski definition) is 2. The van der Waals surface area contributed by atoms with E-state index in [1.165, 1.54) is 0 Å². The van der Waals surface area contributed by atoms with Gasteiger partial charge in [-0.15, -0.1) is 11.6 Å². The van der Waals surface area contributed by atoms with Crippen LogP contribution in [0.3, 0.4) is 0 Å². The summed E-state index contributed by atoms with van der Waals surface area (Å²) < 4.78 is 1.99. The molecule has 0 radical (unpaired) electrons. The predicted molar refractivity (Wildman–Crippen MR) is 79.9 cm³/mol. The van der Waals surface area contributed by atoms with Gasteiger partial charge in [0.05, 0.1) is 16.7 Å². The largest absolute Gasteiger partial charge is 0.348 e. The fourth-order valence-electron chi connectivity index (χ4n) is 2.11. The Kier molecular flexibility index (Phi) is 3.20. The Balaban J connectivity index is 1.99. The maximum absolute atomic E-state index is 11.3. The number of nitrogens with one attached hydrogen (secondary N) is 2. The van der Waals surface area contributed by atoms with Crippen LogP contribution in [0.25, 0.3) is 22.6 Å². The van der Waals surface area contributed by atoms with E-state index in [2.05, 4.69) is 15.3 Å². The average molecular weight is 289 g/mol. The summed E-state index contributed by atoms with van der Waals surface area (Å²) in [6.45, 7) is 0. The fraction of sp³-hybridized carbons (Fsp3) is 0.143. The summed E-state index contributed by atoms with van der Waals surface area (Å²) in [4.78, 5) is 19.1. The lowest BCUT2D eigenvalue weighted by Gasteiger charge is -2.01. The highest BCUT2D eigenvalue weighted by Gasteiger charge is 2.09. The molecular weight excluding hydrogens is 276 g/mol. The lowest BCUT2D eigenvalue weighted by molar-refractivity contribution is -0.113. The van der Waals surface area contributed by atoms with Crippen molar-refractivity contribution < 1.29 is 4.79 Å². The monoisotopic (exact) mass is 288 g/mol. The number of imidazole rings is 1. The van der Waals surface area contributed by atoms with Gasteiger partial charge >= 0.3 is 0 Å². The molecule has 5 nitrogen and oxygen atoms in total. The van der Waals surface area contributed by atoms with E-state index in [0.717, 1.165) is 22.6 Å². The molecule has 3 aromatic rings. The predicted octanol–water partition coefficient (Wildman–Crippen LogP) is 2.75. The zero-order valence-corrected chi connectivity index (χ0v) is 11.6. The Morgan fingerprint density at radius 3 is 3.00 bits per heavy atom. The SMILES string of the molecule is Cn1cccc1-c1nc2cc(NC(=O)CCl)ccc2[nH]1. The first kappa shape index (κ1) is 12.7. The van der Waals surface area contributed by atoms with Crippen molar-refractivity contribution in [1.82, 2.24) is 14.5 Å². The first-order chi connectivity index (χ1) is 9.67. The molecule has 6 heteroatoms. The molecule has 0 aliphatic rings. The van der Waals surface area contributed by atoms with Gasteiger partial charge in [-0.3, -0.25) is 4.79 Å². The second-order valence-corrected chi connectivity index (χ2v) is 4.77. The summed E-state index contributed by atoms with van der Waals surface area (Å²) in [7, 11) is 1.97. The first-order valence-corrected chi connectivity index (χ1v) is 6.68. The Labute approximate surface area is 120 Å². The number of rotatable bonds is 3. The minimum atomic E-state index is -0.232. The number of anilines is 1. The number of H-pyrrole nitrogens is 1. The van der Waals surface area contributed by atoms with Crippen molar-refractivity contribution in [1.29, 1.82) is 0 Å². The van der Waals surface area contributed by atoms with Crippen LogP contribution in [0.1, 0.15) is 0 Å². The van der Waals surface area contributed by atoms with E-state index in [9.17, 15) is 4.79 Å². The molecule has 2 heterocycles. The molecule has 0 bridgehead atoms. The number of fused-ring (bicyclic) bond motifs is 1. The topological polar surface area (TPSA) is 62.7 Å². The van der Waals surface area contributed by atoms with Gasteiger partial charge in [-0.25, -0.2) is 4.98 Å². The van der Waals surface area contributed by atoms with Crippen molar-refractivity contribution in [3.63, 3.8) is 0 Å². The molecule has 0 fully saturated rings. The molecule has 0 unspecified atom stereocenters. The highest BCUT2D eigenvalue weighted by Crippen LogP contribution is 2.22. The molecule has 0 aliphatic carbocycles. The standard InChI is InChI=1S/C14H13ClN4O/c1-19-6-2-3-12(19)14-17-10-5-4-9(7-11(10)18-14)16-13(20)8-15/h2-7H,8H2,1H3,(H,16,20)(H,17,18). The number of aryl methyl sites for hydroxylation is 1. The van der Waals surface area contributed by atoms with Crippen LogP contribution in [0.2, 0.25) is 0 Å². The molecule has 1 aromatic carbocycles. The molecule has 3 rings (SSSR count).